The van der Waals surface area contributed by atoms with Crippen LogP contribution in [-0.2, 0) is 34.6 Å². The number of nitrogens with zero attached hydrogens (tertiary/aromatic N) is 4. The van der Waals surface area contributed by atoms with Crippen LogP contribution in [0.25, 0.3) is 22.0 Å². The number of carbonyl (C=O) groups excluding carboxylic acids is 1. The number of H-pyrrole nitrogens is 1. The van der Waals surface area contributed by atoms with Crippen LogP contribution in [0.3, 0.4) is 0 Å². The van der Waals surface area contributed by atoms with Gasteiger partial charge in [0.05, 0.1) is 18.4 Å². The number of aryl methyl sites for hydroxylation is 3. The predicted octanol–water partition coefficient (Wildman–Crippen LogP) is 3.85. The fourth-order valence-electron chi connectivity index (χ4n) is 4.83. The zero-order valence-electron chi connectivity index (χ0n) is 23.0. The molecule has 4 aromatic rings. The van der Waals surface area contributed by atoms with Crippen molar-refractivity contribution in [1.82, 2.24) is 19.4 Å². The minimum Gasteiger partial charge on any atom is -0.356 e. The Morgan fingerprint density at radius 3 is 2.52 bits per heavy atom. The first-order valence-electron chi connectivity index (χ1n) is 12.5. The van der Waals surface area contributed by atoms with Gasteiger partial charge in [-0.05, 0) is 48.6 Å². The summed E-state index contributed by atoms with van der Waals surface area (Å²) < 4.78 is 49.4. The van der Waals surface area contributed by atoms with Crippen LogP contribution in [0.2, 0.25) is 0 Å². The fraction of sp³-hybridized carbons (Fsp3) is 0.321. The third-order valence-electron chi connectivity index (χ3n) is 6.63. The van der Waals surface area contributed by atoms with E-state index in [4.69, 9.17) is 0 Å². The first-order chi connectivity index (χ1) is 18.8. The molecule has 0 aliphatic carbocycles. The minimum absolute atomic E-state index is 0.0151. The highest BCUT2D eigenvalue weighted by Crippen LogP contribution is 2.44. The third-order valence-corrected chi connectivity index (χ3v) is 6.63. The fourth-order valence-corrected chi connectivity index (χ4v) is 4.83. The van der Waals surface area contributed by atoms with Crippen LogP contribution < -0.4 is 10.5 Å². The third kappa shape index (κ3) is 6.06. The molecule has 1 amide bonds. The maximum Gasteiger partial charge on any atom is 0.274 e. The maximum absolute atomic E-state index is 15.0. The summed E-state index contributed by atoms with van der Waals surface area (Å²) in [6.45, 7) is 2.88. The lowest BCUT2D eigenvalue weighted by molar-refractivity contribution is -0.117. The average Bonchev–Trinajstić information content (AvgIpc) is 3.24. The molecule has 0 unspecified atom stereocenters. The highest BCUT2D eigenvalue weighted by Gasteiger charge is 2.28. The molecule has 0 saturated heterocycles. The van der Waals surface area contributed by atoms with E-state index in [-0.39, 0.29) is 17.9 Å². The number of aromatic nitrogens is 3. The summed E-state index contributed by atoms with van der Waals surface area (Å²) in [6, 6.07) is 4.89. The maximum atomic E-state index is 15.0. The molecule has 0 fully saturated rings. The molecule has 40 heavy (non-hydrogen) atoms. The van der Waals surface area contributed by atoms with Gasteiger partial charge in [0.2, 0.25) is 6.41 Å². The molecule has 9 nitrogen and oxygen atoms in total. The van der Waals surface area contributed by atoms with Crippen molar-refractivity contribution in [2.75, 3.05) is 31.0 Å². The van der Waals surface area contributed by atoms with E-state index in [1.807, 2.05) is 13.0 Å². The van der Waals surface area contributed by atoms with Crippen molar-refractivity contribution in [3.05, 3.63) is 75.5 Å². The minimum atomic E-state index is -2.67. The molecule has 1 aromatic carbocycles. The lowest BCUT2D eigenvalue weighted by Crippen LogP contribution is -2.20. The highest BCUT2D eigenvalue weighted by molar-refractivity contribution is 7.89. The van der Waals surface area contributed by atoms with Gasteiger partial charge in [-0.25, -0.2) is 22.2 Å². The number of anilines is 2. The first kappa shape index (κ1) is 28.9. The van der Waals surface area contributed by atoms with Crippen molar-refractivity contribution in [1.29, 1.82) is 0 Å². The molecule has 1 aliphatic rings. The van der Waals surface area contributed by atoms with Gasteiger partial charge < -0.3 is 19.4 Å². The van der Waals surface area contributed by atoms with Crippen molar-refractivity contribution >= 4 is 38.7 Å². The monoisotopic (exact) mass is 571 g/mol. The Kier molecular flexibility index (Phi) is 8.10. The van der Waals surface area contributed by atoms with Crippen molar-refractivity contribution in [3.8, 4) is 11.1 Å². The number of sulfone groups is 1. The highest BCUT2D eigenvalue weighted by atomic mass is 32.2. The van der Waals surface area contributed by atoms with E-state index in [0.29, 0.717) is 12.1 Å². The summed E-state index contributed by atoms with van der Waals surface area (Å²) in [7, 11) is 0.778. The van der Waals surface area contributed by atoms with Gasteiger partial charge in [-0.3, -0.25) is 9.59 Å². The number of aromatic amines is 1. The largest absolute Gasteiger partial charge is 0.356 e. The van der Waals surface area contributed by atoms with E-state index in [9.17, 15) is 26.8 Å². The predicted molar refractivity (Wildman–Crippen MR) is 151 cm³/mol. The van der Waals surface area contributed by atoms with Crippen LogP contribution in [0.1, 0.15) is 23.1 Å². The molecule has 212 valence electrons. The standard InChI is InChI=1S/C26H25F2N5O2.C2H6O2S/c1-15-7-22-19(8-16(15)5-4-6-31(2)14-34)20-13-32(3)26(35)24-23(20)17(10-29-24)12-33(22)25-21(28)9-18(27)11-30-25;1-5(2,3)4/h7-11,13-14,29H,4-6,12H2,1-3H3;1-2H3. The zero-order valence-corrected chi connectivity index (χ0v) is 23.8. The van der Waals surface area contributed by atoms with Gasteiger partial charge in [0.15, 0.2) is 11.6 Å². The van der Waals surface area contributed by atoms with Gasteiger partial charge in [0.25, 0.3) is 5.56 Å². The number of rotatable bonds is 6. The molecular formula is C28H31F2N5O4S. The summed E-state index contributed by atoms with van der Waals surface area (Å²) in [5.74, 6) is -1.49. The molecule has 0 bridgehead atoms. The molecule has 5 rings (SSSR count). The van der Waals surface area contributed by atoms with Crippen LogP contribution in [-0.4, -0.2) is 60.4 Å². The molecule has 0 saturated carbocycles. The Hall–Kier alpha value is -4.06. The molecular weight excluding hydrogens is 540 g/mol. The van der Waals surface area contributed by atoms with E-state index in [1.165, 1.54) is 4.57 Å². The van der Waals surface area contributed by atoms with Gasteiger partial charge in [-0.1, -0.05) is 0 Å². The number of amides is 1. The molecule has 4 heterocycles. The smallest absolute Gasteiger partial charge is 0.274 e. The number of carbonyl (C=O) groups is 1. The number of benzene rings is 1. The Morgan fingerprint density at radius 2 is 1.88 bits per heavy atom. The Labute approximate surface area is 231 Å². The molecule has 0 atom stereocenters. The Balaban J connectivity index is 0.000000681. The molecule has 1 N–H and O–H groups in total. The molecule has 1 aliphatic heterocycles. The number of nitrogens with one attached hydrogen (secondary N) is 1. The average molecular weight is 572 g/mol. The van der Waals surface area contributed by atoms with E-state index in [1.54, 1.807) is 36.3 Å². The number of halogens is 2. The summed E-state index contributed by atoms with van der Waals surface area (Å²) >= 11 is 0. The van der Waals surface area contributed by atoms with Gasteiger partial charge in [0.1, 0.15) is 21.2 Å². The first-order valence-corrected chi connectivity index (χ1v) is 14.8. The van der Waals surface area contributed by atoms with Gasteiger partial charge in [0, 0.05) is 68.1 Å². The summed E-state index contributed by atoms with van der Waals surface area (Å²) in [6.07, 6.45) is 9.22. The second kappa shape index (κ2) is 11.2. The summed E-state index contributed by atoms with van der Waals surface area (Å²) in [5.41, 5.74) is 5.67. The SMILES string of the molecule is CS(C)(=O)=O.Cc1cc2c(cc1CCCN(C)C=O)-c1cn(C)c(=O)c3[nH]cc(c13)CN2c1ncc(F)cc1F. The van der Waals surface area contributed by atoms with Crippen LogP contribution in [0.15, 0.2) is 41.6 Å². The van der Waals surface area contributed by atoms with E-state index in [2.05, 4.69) is 16.0 Å². The van der Waals surface area contributed by atoms with E-state index < -0.39 is 21.5 Å². The van der Waals surface area contributed by atoms with Crippen molar-refractivity contribution < 1.29 is 22.0 Å². The van der Waals surface area contributed by atoms with Crippen molar-refractivity contribution in [2.24, 2.45) is 7.05 Å². The Morgan fingerprint density at radius 1 is 1.18 bits per heavy atom. The molecule has 3 aromatic heterocycles. The summed E-state index contributed by atoms with van der Waals surface area (Å²) in [5, 5.41) is 0.787. The van der Waals surface area contributed by atoms with Crippen LogP contribution in [0.5, 0.6) is 0 Å². The van der Waals surface area contributed by atoms with Gasteiger partial charge in [-0.15, -0.1) is 0 Å². The molecule has 0 radical (unpaired) electrons. The van der Waals surface area contributed by atoms with Crippen molar-refractivity contribution in [3.63, 3.8) is 0 Å². The number of hydrogen-bond acceptors (Lipinski definition) is 6. The van der Waals surface area contributed by atoms with Crippen LogP contribution in [0, 0.1) is 18.6 Å². The van der Waals surface area contributed by atoms with Crippen molar-refractivity contribution in [2.45, 2.75) is 26.3 Å². The lowest BCUT2D eigenvalue weighted by Gasteiger charge is -2.26. The van der Waals surface area contributed by atoms with Crippen LogP contribution in [0.4, 0.5) is 20.3 Å². The second-order valence-electron chi connectivity index (χ2n) is 10.2. The number of hydrogen-bond donors (Lipinski definition) is 1. The number of fused-ring (bicyclic) bond motifs is 2. The van der Waals surface area contributed by atoms with Gasteiger partial charge in [-0.2, -0.15) is 0 Å². The van der Waals surface area contributed by atoms with Gasteiger partial charge >= 0.3 is 0 Å². The quantitative estimate of drug-likeness (QED) is 0.352. The van der Waals surface area contributed by atoms with Crippen LogP contribution >= 0.6 is 0 Å². The molecule has 0 spiro atoms. The molecule has 12 heteroatoms. The number of pyridine rings is 2. The summed E-state index contributed by atoms with van der Waals surface area (Å²) in [4.78, 5) is 34.3. The lowest BCUT2D eigenvalue weighted by atomic mass is 9.94. The van der Waals surface area contributed by atoms with E-state index in [0.717, 1.165) is 82.9 Å². The Bertz CT molecular complexity index is 1760. The van der Waals surface area contributed by atoms with E-state index >= 15 is 0 Å². The second-order valence-corrected chi connectivity index (χ2v) is 12.5. The normalized spacial score (nSPS) is 12.4. The topological polar surface area (TPSA) is 108 Å². The zero-order chi connectivity index (χ0) is 29.4.